The van der Waals surface area contributed by atoms with E-state index in [2.05, 4.69) is 35.7 Å². The molecule has 1 aliphatic heterocycles. The second kappa shape index (κ2) is 9.06. The predicted octanol–water partition coefficient (Wildman–Crippen LogP) is 2.07. The molecule has 5 rings (SSSR count). The Morgan fingerprint density at radius 1 is 1.11 bits per heavy atom. The zero-order valence-electron chi connectivity index (χ0n) is 19.4. The Morgan fingerprint density at radius 2 is 1.91 bits per heavy atom. The highest BCUT2D eigenvalue weighted by Gasteiger charge is 2.42. The fourth-order valence-electron chi connectivity index (χ4n) is 3.95. The second-order valence-electron chi connectivity index (χ2n) is 8.66. The van der Waals surface area contributed by atoms with E-state index in [4.69, 9.17) is 9.18 Å². The van der Waals surface area contributed by atoms with Crippen molar-refractivity contribution in [2.24, 2.45) is 0 Å². The molecule has 0 radical (unpaired) electrons. The minimum atomic E-state index is -1.06. The summed E-state index contributed by atoms with van der Waals surface area (Å²) in [6.45, 7) is 5.26. The van der Waals surface area contributed by atoms with Gasteiger partial charge in [0, 0.05) is 23.9 Å². The number of aryl methyl sites for hydroxylation is 1. The molecule has 1 atom stereocenters. The largest absolute Gasteiger partial charge is 0.495 e. The minimum Gasteiger partial charge on any atom is -0.423 e. The molecule has 178 valence electrons. The summed E-state index contributed by atoms with van der Waals surface area (Å²) in [6, 6.07) is 11.0. The molecule has 0 saturated carbocycles. The molecule has 4 aromatic rings. The van der Waals surface area contributed by atoms with E-state index < -0.39 is 12.7 Å². The van der Waals surface area contributed by atoms with E-state index in [-0.39, 0.29) is 12.6 Å². The quantitative estimate of drug-likeness (QED) is 0.292. The number of rotatable bonds is 7. The van der Waals surface area contributed by atoms with Gasteiger partial charge in [0.25, 0.3) is 5.89 Å². The highest BCUT2D eigenvalue weighted by molar-refractivity contribution is 6.61. The summed E-state index contributed by atoms with van der Waals surface area (Å²) in [5.41, 5.74) is 2.50. The number of hydrogen-bond donors (Lipinski definition) is 4. The molecule has 11 nitrogen and oxygen atoms in total. The maximum Gasteiger partial charge on any atom is 0.495 e. The lowest BCUT2D eigenvalue weighted by Gasteiger charge is -2.20. The average Bonchev–Trinajstić information content (AvgIpc) is 3.37. The standard InChI is InChI=1S/C23H24BN7O4/c1-13-27-21(34-31-13)15-10-25-19(9-17(15)28-18(12-32)14-7-5-4-6-8-14)29-22-26-11-16-20(30-22)23(2,3)35-24(16)33/h4-11,18,32-33H,12H2,1-3H3,(H2,25,26,28,29,30)/t18-/m1/s1. The van der Waals surface area contributed by atoms with Gasteiger partial charge in [-0.25, -0.2) is 15.0 Å². The van der Waals surface area contributed by atoms with Crippen LogP contribution in [-0.2, 0) is 10.3 Å². The van der Waals surface area contributed by atoms with Crippen LogP contribution in [0.2, 0.25) is 0 Å². The van der Waals surface area contributed by atoms with E-state index in [9.17, 15) is 10.1 Å². The normalized spacial score (nSPS) is 15.1. The molecule has 4 heterocycles. The topological polar surface area (TPSA) is 151 Å². The molecular weight excluding hydrogens is 449 g/mol. The second-order valence-corrected chi connectivity index (χ2v) is 8.66. The number of nitrogens with one attached hydrogen (secondary N) is 2. The number of hydrogen-bond acceptors (Lipinski definition) is 11. The van der Waals surface area contributed by atoms with Crippen molar-refractivity contribution in [2.45, 2.75) is 32.4 Å². The number of nitrogens with zero attached hydrogens (tertiary/aromatic N) is 5. The number of fused-ring (bicyclic) bond motifs is 1. The van der Waals surface area contributed by atoms with Crippen molar-refractivity contribution >= 4 is 30.0 Å². The van der Waals surface area contributed by atoms with Gasteiger partial charge in [0.2, 0.25) is 5.95 Å². The number of pyridine rings is 1. The third-order valence-corrected chi connectivity index (χ3v) is 5.68. The van der Waals surface area contributed by atoms with Crippen LogP contribution >= 0.6 is 0 Å². The fraction of sp³-hybridized carbons (Fsp3) is 0.261. The first-order chi connectivity index (χ1) is 16.8. The summed E-state index contributed by atoms with van der Waals surface area (Å²) in [7, 11) is -1.06. The Kier molecular flexibility index (Phi) is 5.93. The monoisotopic (exact) mass is 473 g/mol. The molecule has 12 heteroatoms. The number of aromatic nitrogens is 5. The maximum atomic E-state index is 10.1. The molecule has 0 amide bonds. The van der Waals surface area contributed by atoms with E-state index in [1.54, 1.807) is 19.2 Å². The Morgan fingerprint density at radius 3 is 2.63 bits per heavy atom. The van der Waals surface area contributed by atoms with Crippen molar-refractivity contribution in [3.05, 3.63) is 65.9 Å². The highest BCUT2D eigenvalue weighted by Crippen LogP contribution is 2.32. The van der Waals surface area contributed by atoms with Crippen LogP contribution < -0.4 is 16.1 Å². The van der Waals surface area contributed by atoms with Crippen molar-refractivity contribution < 1.29 is 19.3 Å². The van der Waals surface area contributed by atoms with Gasteiger partial charge in [0.05, 0.1) is 35.2 Å². The van der Waals surface area contributed by atoms with Crippen molar-refractivity contribution in [1.82, 2.24) is 25.1 Å². The van der Waals surface area contributed by atoms with Gasteiger partial charge in [-0.3, -0.25) is 0 Å². The van der Waals surface area contributed by atoms with Crippen molar-refractivity contribution in [1.29, 1.82) is 0 Å². The van der Waals surface area contributed by atoms with Crippen LogP contribution in [0.1, 0.15) is 37.0 Å². The molecule has 4 N–H and O–H groups in total. The van der Waals surface area contributed by atoms with Gasteiger partial charge in [-0.1, -0.05) is 35.5 Å². The average molecular weight is 473 g/mol. The summed E-state index contributed by atoms with van der Waals surface area (Å²) >= 11 is 0. The Hall–Kier alpha value is -3.87. The van der Waals surface area contributed by atoms with Crippen LogP contribution in [0.3, 0.4) is 0 Å². The van der Waals surface area contributed by atoms with Gasteiger partial charge in [0.15, 0.2) is 5.82 Å². The zero-order valence-corrected chi connectivity index (χ0v) is 19.4. The Labute approximate surface area is 201 Å². The Bertz CT molecular complexity index is 1350. The minimum absolute atomic E-state index is 0.136. The molecule has 0 bridgehead atoms. The molecule has 3 aromatic heterocycles. The summed E-state index contributed by atoms with van der Waals surface area (Å²) in [5.74, 6) is 1.55. The predicted molar refractivity (Wildman–Crippen MR) is 129 cm³/mol. The smallest absolute Gasteiger partial charge is 0.423 e. The molecule has 0 spiro atoms. The lowest BCUT2D eigenvalue weighted by atomic mass is 9.82. The van der Waals surface area contributed by atoms with Crippen LogP contribution in [0, 0.1) is 6.92 Å². The van der Waals surface area contributed by atoms with E-state index in [0.29, 0.717) is 45.9 Å². The first-order valence-corrected chi connectivity index (χ1v) is 11.1. The number of anilines is 3. The molecule has 35 heavy (non-hydrogen) atoms. The summed E-state index contributed by atoms with van der Waals surface area (Å²) < 4.78 is 10.9. The van der Waals surface area contributed by atoms with Crippen LogP contribution in [0.5, 0.6) is 0 Å². The van der Waals surface area contributed by atoms with Crippen LogP contribution in [0.15, 0.2) is 53.3 Å². The van der Waals surface area contributed by atoms with Crippen molar-refractivity contribution in [3.63, 3.8) is 0 Å². The molecule has 1 aromatic carbocycles. The molecule has 0 aliphatic carbocycles. The summed E-state index contributed by atoms with van der Waals surface area (Å²) in [4.78, 5) is 17.6. The lowest BCUT2D eigenvalue weighted by molar-refractivity contribution is 0.0970. The van der Waals surface area contributed by atoms with E-state index >= 15 is 0 Å². The van der Waals surface area contributed by atoms with Crippen LogP contribution in [0.25, 0.3) is 11.5 Å². The third-order valence-electron chi connectivity index (χ3n) is 5.68. The number of benzene rings is 1. The van der Waals surface area contributed by atoms with Gasteiger partial charge >= 0.3 is 7.12 Å². The SMILES string of the molecule is Cc1noc(-c2cnc(Nc3ncc4c(n3)C(C)(C)OB4O)cc2N[C@H](CO)c2ccccc2)n1. The van der Waals surface area contributed by atoms with Crippen molar-refractivity contribution in [3.8, 4) is 11.5 Å². The van der Waals surface area contributed by atoms with Gasteiger partial charge in [-0.2, -0.15) is 4.98 Å². The molecule has 0 unspecified atom stereocenters. The van der Waals surface area contributed by atoms with E-state index in [1.165, 1.54) is 6.20 Å². The van der Waals surface area contributed by atoms with Gasteiger partial charge < -0.3 is 29.9 Å². The van der Waals surface area contributed by atoms with Crippen LogP contribution in [-0.4, -0.2) is 48.9 Å². The Balaban J connectivity index is 1.49. The van der Waals surface area contributed by atoms with Gasteiger partial charge in [-0.05, 0) is 26.3 Å². The maximum absolute atomic E-state index is 10.1. The summed E-state index contributed by atoms with van der Waals surface area (Å²) in [5, 5.41) is 30.5. The van der Waals surface area contributed by atoms with E-state index in [1.807, 2.05) is 44.2 Å². The fourth-order valence-corrected chi connectivity index (χ4v) is 3.95. The van der Waals surface area contributed by atoms with Gasteiger partial charge in [0.1, 0.15) is 5.82 Å². The first kappa shape index (κ1) is 22.9. The highest BCUT2D eigenvalue weighted by atomic mass is 16.5. The summed E-state index contributed by atoms with van der Waals surface area (Å²) in [6.07, 6.45) is 3.14. The number of aliphatic hydroxyl groups excluding tert-OH is 1. The lowest BCUT2D eigenvalue weighted by Crippen LogP contribution is -2.29. The molecule has 0 saturated heterocycles. The zero-order chi connectivity index (χ0) is 24.6. The third kappa shape index (κ3) is 4.58. The van der Waals surface area contributed by atoms with Crippen LogP contribution in [0.4, 0.5) is 17.5 Å². The number of aliphatic hydroxyl groups is 1. The molecule has 1 aliphatic rings. The molecular formula is C23H24BN7O4. The van der Waals surface area contributed by atoms with E-state index in [0.717, 1.165) is 5.56 Å². The van der Waals surface area contributed by atoms with Gasteiger partial charge in [-0.15, -0.1) is 0 Å². The van der Waals surface area contributed by atoms with Crippen molar-refractivity contribution in [2.75, 3.05) is 17.2 Å². The first-order valence-electron chi connectivity index (χ1n) is 11.1. The molecule has 0 fully saturated rings.